The summed E-state index contributed by atoms with van der Waals surface area (Å²) in [7, 11) is -4.10. The van der Waals surface area contributed by atoms with Gasteiger partial charge in [-0.15, -0.1) is 0 Å². The van der Waals surface area contributed by atoms with E-state index in [-0.39, 0.29) is 16.6 Å². The summed E-state index contributed by atoms with van der Waals surface area (Å²) in [6.45, 7) is 0. The Morgan fingerprint density at radius 1 is 0.886 bits per heavy atom. The van der Waals surface area contributed by atoms with Gasteiger partial charge in [-0.25, -0.2) is 4.99 Å². The van der Waals surface area contributed by atoms with Crippen LogP contribution in [0.5, 0.6) is 5.75 Å². The minimum Gasteiger partial charge on any atom is -0.378 e. The van der Waals surface area contributed by atoms with E-state index < -0.39 is 10.1 Å². The molecule has 0 radical (unpaired) electrons. The SMILES string of the molecule is O=C1NC(=Nc2ccc(Cl)cc2)S/C1=C\c1ccccc1OS(=O)(=O)c1ccc2ccccc2c1. The maximum atomic E-state index is 13.0. The third-order valence-corrected chi connectivity index (χ3v) is 7.51. The number of nitrogens with zero attached hydrogens (tertiary/aromatic N) is 1. The highest BCUT2D eigenvalue weighted by molar-refractivity contribution is 8.18. The number of aliphatic imine (C=N–C) groups is 1. The quantitative estimate of drug-likeness (QED) is 0.252. The first-order chi connectivity index (χ1) is 16.9. The fraction of sp³-hybridized carbons (Fsp3) is 0. The van der Waals surface area contributed by atoms with Gasteiger partial charge in [-0.3, -0.25) is 4.79 Å². The molecule has 0 aromatic heterocycles. The third kappa shape index (κ3) is 5.24. The molecule has 1 N–H and O–H groups in total. The van der Waals surface area contributed by atoms with E-state index in [9.17, 15) is 13.2 Å². The van der Waals surface area contributed by atoms with Gasteiger partial charge in [0.25, 0.3) is 5.91 Å². The Morgan fingerprint density at radius 2 is 1.60 bits per heavy atom. The lowest BCUT2D eigenvalue weighted by Gasteiger charge is -2.10. The Morgan fingerprint density at radius 3 is 2.40 bits per heavy atom. The molecule has 1 amide bonds. The number of hydrogen-bond donors (Lipinski definition) is 1. The van der Waals surface area contributed by atoms with Crippen molar-refractivity contribution in [2.45, 2.75) is 4.90 Å². The predicted molar refractivity (Wildman–Crippen MR) is 140 cm³/mol. The smallest absolute Gasteiger partial charge is 0.339 e. The Balaban J connectivity index is 1.41. The average molecular weight is 521 g/mol. The fourth-order valence-corrected chi connectivity index (χ4v) is 5.37. The number of amides is 1. The minimum absolute atomic E-state index is 0.0454. The normalized spacial score (nSPS) is 16.1. The Hall–Kier alpha value is -3.59. The van der Waals surface area contributed by atoms with Crippen LogP contribution in [0, 0.1) is 0 Å². The Kier molecular flexibility index (Phi) is 6.34. The lowest BCUT2D eigenvalue weighted by Crippen LogP contribution is -2.19. The molecule has 6 nitrogen and oxygen atoms in total. The number of fused-ring (bicyclic) bond motifs is 1. The summed E-state index contributed by atoms with van der Waals surface area (Å²) < 4.78 is 31.5. The van der Waals surface area contributed by atoms with Gasteiger partial charge in [0.2, 0.25) is 0 Å². The topological polar surface area (TPSA) is 84.8 Å². The number of nitrogens with one attached hydrogen (secondary N) is 1. The number of benzene rings is 4. The van der Waals surface area contributed by atoms with E-state index in [2.05, 4.69) is 10.3 Å². The molecule has 5 rings (SSSR count). The summed E-state index contributed by atoms with van der Waals surface area (Å²) in [6, 6.07) is 25.8. The van der Waals surface area contributed by atoms with Crippen LogP contribution in [0.4, 0.5) is 5.69 Å². The molecule has 1 saturated heterocycles. The molecule has 35 heavy (non-hydrogen) atoms. The van der Waals surface area contributed by atoms with E-state index in [1.807, 2.05) is 24.3 Å². The Labute approximate surface area is 211 Å². The van der Waals surface area contributed by atoms with Crippen LogP contribution in [0.15, 0.2) is 106 Å². The van der Waals surface area contributed by atoms with E-state index >= 15 is 0 Å². The first-order valence-electron chi connectivity index (χ1n) is 10.4. The van der Waals surface area contributed by atoms with E-state index in [0.29, 0.717) is 26.3 Å². The summed E-state index contributed by atoms with van der Waals surface area (Å²) in [4.78, 5) is 17.3. The summed E-state index contributed by atoms with van der Waals surface area (Å²) in [6.07, 6.45) is 1.58. The molecule has 0 unspecified atom stereocenters. The number of carbonyl (C=O) groups excluding carboxylic acids is 1. The van der Waals surface area contributed by atoms with Crippen molar-refractivity contribution in [3.8, 4) is 5.75 Å². The molecule has 0 spiro atoms. The first kappa shape index (κ1) is 23.2. The van der Waals surface area contributed by atoms with Crippen molar-refractivity contribution >= 4 is 67.1 Å². The largest absolute Gasteiger partial charge is 0.378 e. The standard InChI is InChI=1S/C26H17ClN2O4S2/c27-20-10-12-21(13-11-20)28-26-29-25(30)24(34-26)16-19-7-3-4-8-23(19)33-35(31,32)22-14-9-17-5-1-2-6-18(17)15-22/h1-16H,(H,28,29,30)/b24-16-. The van der Waals surface area contributed by atoms with E-state index in [1.54, 1.807) is 66.7 Å². The van der Waals surface area contributed by atoms with E-state index in [1.165, 1.54) is 6.07 Å². The molecule has 4 aromatic rings. The number of hydrogen-bond acceptors (Lipinski definition) is 6. The van der Waals surface area contributed by atoms with Gasteiger partial charge in [0.1, 0.15) is 10.6 Å². The highest BCUT2D eigenvalue weighted by atomic mass is 35.5. The molecule has 1 aliphatic rings. The fourth-order valence-electron chi connectivity index (χ4n) is 3.42. The number of amidine groups is 1. The molecular weight excluding hydrogens is 504 g/mol. The highest BCUT2D eigenvalue weighted by Crippen LogP contribution is 2.32. The third-order valence-electron chi connectivity index (χ3n) is 5.12. The first-order valence-corrected chi connectivity index (χ1v) is 13.1. The van der Waals surface area contributed by atoms with Crippen molar-refractivity contribution in [3.63, 3.8) is 0 Å². The molecule has 1 aliphatic heterocycles. The maximum Gasteiger partial charge on any atom is 0.339 e. The van der Waals surface area contributed by atoms with Gasteiger partial charge in [-0.05, 0) is 71.1 Å². The van der Waals surface area contributed by atoms with Crippen LogP contribution < -0.4 is 9.50 Å². The van der Waals surface area contributed by atoms with Crippen molar-refractivity contribution in [1.82, 2.24) is 5.32 Å². The van der Waals surface area contributed by atoms with E-state index in [0.717, 1.165) is 22.5 Å². The zero-order valence-electron chi connectivity index (χ0n) is 18.0. The van der Waals surface area contributed by atoms with Crippen molar-refractivity contribution in [1.29, 1.82) is 0 Å². The minimum atomic E-state index is -4.10. The molecule has 0 bridgehead atoms. The van der Waals surface area contributed by atoms with Gasteiger partial charge in [0.05, 0.1) is 10.6 Å². The predicted octanol–water partition coefficient (Wildman–Crippen LogP) is 6.15. The summed E-state index contributed by atoms with van der Waals surface area (Å²) >= 11 is 7.05. The number of carbonyl (C=O) groups is 1. The van der Waals surface area contributed by atoms with Gasteiger partial charge in [0, 0.05) is 10.6 Å². The van der Waals surface area contributed by atoms with Crippen LogP contribution in [-0.4, -0.2) is 19.5 Å². The second kappa shape index (κ2) is 9.58. The van der Waals surface area contributed by atoms with Gasteiger partial charge in [-0.1, -0.05) is 60.1 Å². The average Bonchev–Trinajstić information content (AvgIpc) is 3.19. The molecule has 0 aliphatic carbocycles. The molecule has 1 heterocycles. The van der Waals surface area contributed by atoms with Crippen molar-refractivity contribution < 1.29 is 17.4 Å². The molecule has 9 heteroatoms. The lowest BCUT2D eigenvalue weighted by molar-refractivity contribution is -0.115. The van der Waals surface area contributed by atoms with Crippen LogP contribution >= 0.6 is 23.4 Å². The van der Waals surface area contributed by atoms with Crippen molar-refractivity contribution in [3.05, 3.63) is 106 Å². The highest BCUT2D eigenvalue weighted by Gasteiger charge is 2.25. The van der Waals surface area contributed by atoms with Gasteiger partial charge >= 0.3 is 10.1 Å². The van der Waals surface area contributed by atoms with Gasteiger partial charge in [-0.2, -0.15) is 8.42 Å². The summed E-state index contributed by atoms with van der Waals surface area (Å²) in [5, 5.41) is 5.43. The van der Waals surface area contributed by atoms with E-state index in [4.69, 9.17) is 15.8 Å². The number of para-hydroxylation sites is 1. The van der Waals surface area contributed by atoms with Crippen molar-refractivity contribution in [2.24, 2.45) is 4.99 Å². The van der Waals surface area contributed by atoms with Crippen LogP contribution in [0.25, 0.3) is 16.8 Å². The van der Waals surface area contributed by atoms with Gasteiger partial charge < -0.3 is 9.50 Å². The lowest BCUT2D eigenvalue weighted by atomic mass is 10.1. The molecule has 174 valence electrons. The maximum absolute atomic E-state index is 13.0. The number of rotatable bonds is 5. The molecule has 0 atom stereocenters. The molecule has 1 fully saturated rings. The zero-order chi connectivity index (χ0) is 24.4. The monoisotopic (exact) mass is 520 g/mol. The van der Waals surface area contributed by atoms with Crippen molar-refractivity contribution in [2.75, 3.05) is 0 Å². The summed E-state index contributed by atoms with van der Waals surface area (Å²) in [5.41, 5.74) is 1.09. The Bertz CT molecular complexity index is 1610. The summed E-state index contributed by atoms with van der Waals surface area (Å²) in [5.74, 6) is -0.223. The van der Waals surface area contributed by atoms with Gasteiger partial charge in [0.15, 0.2) is 5.17 Å². The second-order valence-electron chi connectivity index (χ2n) is 7.54. The van der Waals surface area contributed by atoms with Crippen LogP contribution in [-0.2, 0) is 14.9 Å². The second-order valence-corrected chi connectivity index (χ2v) is 10.6. The molecule has 0 saturated carbocycles. The number of thioether (sulfide) groups is 1. The van der Waals surface area contributed by atoms with Crippen LogP contribution in [0.1, 0.15) is 5.56 Å². The van der Waals surface area contributed by atoms with Crippen LogP contribution in [0.2, 0.25) is 5.02 Å². The number of halogens is 1. The molecular formula is C26H17ClN2O4S2. The van der Waals surface area contributed by atoms with Crippen LogP contribution in [0.3, 0.4) is 0 Å². The zero-order valence-corrected chi connectivity index (χ0v) is 20.4. The molecule has 4 aromatic carbocycles.